The molecule has 0 spiro atoms. The van der Waals surface area contributed by atoms with Crippen molar-refractivity contribution >= 4 is 17.5 Å². The van der Waals surface area contributed by atoms with Crippen LogP contribution in [0.1, 0.15) is 51.9 Å². The van der Waals surface area contributed by atoms with Crippen molar-refractivity contribution in [3.8, 4) is 0 Å². The Balaban J connectivity index is 1.37. The zero-order valence-electron chi connectivity index (χ0n) is 17.3. The molecular formula is C21H36N6O. The Morgan fingerprint density at radius 3 is 2.86 bits per heavy atom. The number of likely N-dealkylation sites (tertiary alicyclic amines) is 1. The van der Waals surface area contributed by atoms with Crippen molar-refractivity contribution in [3.05, 3.63) is 12.4 Å². The van der Waals surface area contributed by atoms with Crippen LogP contribution in [0.15, 0.2) is 12.4 Å². The molecular weight excluding hydrogens is 352 g/mol. The van der Waals surface area contributed by atoms with Gasteiger partial charge in [-0.05, 0) is 58.0 Å². The standard InChI is InChI=1S/C21H36N6O/c1-2-22-19-15-20(25-17-24-19)27-13-6-7-18(16-27)8-9-21(28)23-10-14-26-11-4-3-5-12-26/h15,17-18H,2-14,16H2,1H3,(H,23,28)(H,22,24,25)/t18-/m0/s1. The van der Waals surface area contributed by atoms with E-state index < -0.39 is 0 Å². The zero-order chi connectivity index (χ0) is 19.6. The third-order valence-corrected chi connectivity index (χ3v) is 5.83. The van der Waals surface area contributed by atoms with Crippen molar-refractivity contribution in [1.82, 2.24) is 20.2 Å². The second-order valence-electron chi connectivity index (χ2n) is 8.04. The van der Waals surface area contributed by atoms with Gasteiger partial charge in [-0.2, -0.15) is 0 Å². The molecule has 0 saturated carbocycles. The maximum Gasteiger partial charge on any atom is 0.220 e. The molecule has 0 aliphatic carbocycles. The highest BCUT2D eigenvalue weighted by molar-refractivity contribution is 5.75. The zero-order valence-corrected chi connectivity index (χ0v) is 17.3. The van der Waals surface area contributed by atoms with Crippen molar-refractivity contribution in [3.63, 3.8) is 0 Å². The fourth-order valence-corrected chi connectivity index (χ4v) is 4.27. The molecule has 0 bridgehead atoms. The average Bonchev–Trinajstić information content (AvgIpc) is 2.74. The van der Waals surface area contributed by atoms with Gasteiger partial charge in [-0.25, -0.2) is 9.97 Å². The summed E-state index contributed by atoms with van der Waals surface area (Å²) >= 11 is 0. The Kier molecular flexibility index (Phi) is 8.33. The first-order valence-corrected chi connectivity index (χ1v) is 11.0. The van der Waals surface area contributed by atoms with Crippen LogP contribution in [0.4, 0.5) is 11.6 Å². The molecule has 1 amide bonds. The molecule has 1 aromatic heterocycles. The maximum atomic E-state index is 12.2. The molecule has 2 aliphatic heterocycles. The monoisotopic (exact) mass is 388 g/mol. The van der Waals surface area contributed by atoms with Crippen LogP contribution in [0.5, 0.6) is 0 Å². The number of hydrogen-bond acceptors (Lipinski definition) is 6. The summed E-state index contributed by atoms with van der Waals surface area (Å²) in [6.07, 6.45) is 9.52. The van der Waals surface area contributed by atoms with Crippen molar-refractivity contribution in [2.45, 2.75) is 51.9 Å². The molecule has 1 atom stereocenters. The molecule has 7 heteroatoms. The SMILES string of the molecule is CCNc1cc(N2CCC[C@@H](CCC(=O)NCCN3CCCCC3)C2)ncn1. The van der Waals surface area contributed by atoms with Crippen LogP contribution in [-0.2, 0) is 4.79 Å². The summed E-state index contributed by atoms with van der Waals surface area (Å²) < 4.78 is 0. The summed E-state index contributed by atoms with van der Waals surface area (Å²) in [6.45, 7) is 9.07. The molecule has 2 N–H and O–H groups in total. The van der Waals surface area contributed by atoms with Crippen LogP contribution in [0.25, 0.3) is 0 Å². The van der Waals surface area contributed by atoms with Crippen LogP contribution >= 0.6 is 0 Å². The van der Waals surface area contributed by atoms with E-state index in [4.69, 9.17) is 0 Å². The quantitative estimate of drug-likeness (QED) is 0.677. The number of aromatic nitrogens is 2. The summed E-state index contributed by atoms with van der Waals surface area (Å²) in [4.78, 5) is 25.7. The molecule has 3 rings (SSSR count). The van der Waals surface area contributed by atoms with Crippen molar-refractivity contribution in [2.24, 2.45) is 5.92 Å². The second-order valence-corrected chi connectivity index (χ2v) is 8.04. The van der Waals surface area contributed by atoms with Crippen molar-refractivity contribution < 1.29 is 4.79 Å². The van der Waals surface area contributed by atoms with Crippen LogP contribution in [0.3, 0.4) is 0 Å². The second kappa shape index (κ2) is 11.2. The van der Waals surface area contributed by atoms with Gasteiger partial charge in [-0.15, -0.1) is 0 Å². The Hall–Kier alpha value is -1.89. The van der Waals surface area contributed by atoms with Gasteiger partial charge in [-0.1, -0.05) is 6.42 Å². The van der Waals surface area contributed by atoms with Gasteiger partial charge < -0.3 is 20.4 Å². The topological polar surface area (TPSA) is 73.4 Å². The molecule has 156 valence electrons. The number of carbonyl (C=O) groups excluding carboxylic acids is 1. The number of amides is 1. The lowest BCUT2D eigenvalue weighted by molar-refractivity contribution is -0.121. The van der Waals surface area contributed by atoms with Gasteiger partial charge in [0.05, 0.1) is 0 Å². The van der Waals surface area contributed by atoms with Gasteiger partial charge in [-0.3, -0.25) is 4.79 Å². The number of rotatable bonds is 9. The van der Waals surface area contributed by atoms with Gasteiger partial charge in [0.25, 0.3) is 0 Å². The summed E-state index contributed by atoms with van der Waals surface area (Å²) in [5.41, 5.74) is 0. The van der Waals surface area contributed by atoms with Gasteiger partial charge in [0, 0.05) is 45.2 Å². The molecule has 3 heterocycles. The minimum absolute atomic E-state index is 0.200. The van der Waals surface area contributed by atoms with E-state index in [1.165, 1.54) is 38.8 Å². The van der Waals surface area contributed by atoms with E-state index in [9.17, 15) is 4.79 Å². The van der Waals surface area contributed by atoms with E-state index in [0.717, 1.165) is 57.2 Å². The van der Waals surface area contributed by atoms with Crippen molar-refractivity contribution in [1.29, 1.82) is 0 Å². The lowest BCUT2D eigenvalue weighted by Crippen LogP contribution is -2.38. The van der Waals surface area contributed by atoms with E-state index >= 15 is 0 Å². The average molecular weight is 389 g/mol. The molecule has 2 fully saturated rings. The Morgan fingerprint density at radius 1 is 1.18 bits per heavy atom. The van der Waals surface area contributed by atoms with Crippen LogP contribution in [-0.4, -0.2) is 66.6 Å². The lowest BCUT2D eigenvalue weighted by atomic mass is 9.93. The van der Waals surface area contributed by atoms with E-state index in [0.29, 0.717) is 12.3 Å². The maximum absolute atomic E-state index is 12.2. The third kappa shape index (κ3) is 6.62. The molecule has 0 radical (unpaired) electrons. The highest BCUT2D eigenvalue weighted by atomic mass is 16.1. The Morgan fingerprint density at radius 2 is 2.04 bits per heavy atom. The molecule has 2 aliphatic rings. The van der Waals surface area contributed by atoms with Gasteiger partial charge in [0.2, 0.25) is 5.91 Å². The predicted molar refractivity (Wildman–Crippen MR) is 114 cm³/mol. The largest absolute Gasteiger partial charge is 0.370 e. The number of hydrogen-bond donors (Lipinski definition) is 2. The molecule has 1 aromatic rings. The minimum atomic E-state index is 0.200. The Bertz CT molecular complexity index is 604. The summed E-state index contributed by atoms with van der Waals surface area (Å²) in [7, 11) is 0. The normalized spacial score (nSPS) is 20.8. The number of anilines is 2. The number of nitrogens with one attached hydrogen (secondary N) is 2. The molecule has 0 aromatic carbocycles. The van der Waals surface area contributed by atoms with Gasteiger partial charge >= 0.3 is 0 Å². The molecule has 7 nitrogen and oxygen atoms in total. The highest BCUT2D eigenvalue weighted by Crippen LogP contribution is 2.25. The molecule has 2 saturated heterocycles. The van der Waals surface area contributed by atoms with E-state index in [2.05, 4.69) is 37.3 Å². The first-order chi connectivity index (χ1) is 13.7. The molecule has 0 unspecified atom stereocenters. The summed E-state index contributed by atoms with van der Waals surface area (Å²) in [6, 6.07) is 2.03. The lowest BCUT2D eigenvalue weighted by Gasteiger charge is -2.33. The van der Waals surface area contributed by atoms with E-state index in [1.54, 1.807) is 6.33 Å². The van der Waals surface area contributed by atoms with E-state index in [-0.39, 0.29) is 5.91 Å². The van der Waals surface area contributed by atoms with Crippen LogP contribution in [0, 0.1) is 5.92 Å². The number of piperidine rings is 2. The first-order valence-electron chi connectivity index (χ1n) is 11.0. The fourth-order valence-electron chi connectivity index (χ4n) is 4.27. The Labute approximate surface area is 169 Å². The van der Waals surface area contributed by atoms with Gasteiger partial charge in [0.1, 0.15) is 18.0 Å². The minimum Gasteiger partial charge on any atom is -0.370 e. The molecule has 28 heavy (non-hydrogen) atoms. The van der Waals surface area contributed by atoms with Gasteiger partial charge in [0.15, 0.2) is 0 Å². The number of carbonyl (C=O) groups is 1. The van der Waals surface area contributed by atoms with Crippen molar-refractivity contribution in [2.75, 3.05) is 56.0 Å². The fraction of sp³-hybridized carbons (Fsp3) is 0.762. The highest BCUT2D eigenvalue weighted by Gasteiger charge is 2.22. The first kappa shape index (κ1) is 20.8. The third-order valence-electron chi connectivity index (χ3n) is 5.83. The predicted octanol–water partition coefficient (Wildman–Crippen LogP) is 2.51. The number of nitrogens with zero attached hydrogens (tertiary/aromatic N) is 4. The van der Waals surface area contributed by atoms with Crippen LogP contribution < -0.4 is 15.5 Å². The smallest absolute Gasteiger partial charge is 0.220 e. The van der Waals surface area contributed by atoms with E-state index in [1.807, 2.05) is 6.07 Å². The summed E-state index contributed by atoms with van der Waals surface area (Å²) in [5, 5.41) is 6.36. The van der Waals surface area contributed by atoms with Crippen LogP contribution in [0.2, 0.25) is 0 Å². The summed E-state index contributed by atoms with van der Waals surface area (Å²) in [5.74, 6) is 2.62.